The third-order valence-corrected chi connectivity index (χ3v) is 4.15. The van der Waals surface area contributed by atoms with Crippen molar-refractivity contribution in [3.05, 3.63) is 0 Å². The van der Waals surface area contributed by atoms with E-state index < -0.39 is 0 Å². The molecular formula is C18H37IO2. The number of hydrogen-bond acceptors (Lipinski definition) is 2. The van der Waals surface area contributed by atoms with Crippen molar-refractivity contribution in [1.29, 1.82) is 0 Å². The van der Waals surface area contributed by atoms with Gasteiger partial charge in [0, 0.05) is 10.0 Å². The average molecular weight is 412 g/mol. The fourth-order valence-electron chi connectivity index (χ4n) is 2.70. The molecule has 0 spiro atoms. The third-order valence-electron chi connectivity index (χ3n) is 3.61. The molecule has 0 aliphatic carbocycles. The van der Waals surface area contributed by atoms with Crippen molar-refractivity contribution in [3.63, 3.8) is 0 Å². The normalized spacial score (nSPS) is 16.3. The highest BCUT2D eigenvalue weighted by Crippen LogP contribution is 2.27. The van der Waals surface area contributed by atoms with Crippen LogP contribution in [0.15, 0.2) is 0 Å². The first kappa shape index (κ1) is 21.6. The van der Waals surface area contributed by atoms with Crippen LogP contribution in [0, 0.1) is 5.92 Å². The van der Waals surface area contributed by atoms with Gasteiger partial charge >= 0.3 is 0 Å². The molecule has 0 amide bonds. The van der Waals surface area contributed by atoms with Crippen LogP contribution in [0.2, 0.25) is 0 Å². The molecule has 21 heavy (non-hydrogen) atoms. The highest BCUT2D eigenvalue weighted by molar-refractivity contribution is 14.1. The van der Waals surface area contributed by atoms with Crippen LogP contribution >= 0.6 is 22.6 Å². The van der Waals surface area contributed by atoms with E-state index in [0.717, 1.165) is 32.3 Å². The average Bonchev–Trinajstić information content (AvgIpc) is 2.23. The lowest BCUT2D eigenvalue weighted by molar-refractivity contribution is -0.0474. The van der Waals surface area contributed by atoms with E-state index in [2.05, 4.69) is 78.0 Å². The largest absolute Gasteiger partial charge is 0.376 e. The van der Waals surface area contributed by atoms with E-state index >= 15 is 0 Å². The first-order valence-corrected chi connectivity index (χ1v) is 9.51. The van der Waals surface area contributed by atoms with Crippen LogP contribution in [0.4, 0.5) is 0 Å². The maximum absolute atomic E-state index is 6.13. The molecule has 0 bridgehead atoms. The monoisotopic (exact) mass is 412 g/mol. The first-order chi connectivity index (χ1) is 9.45. The Bertz CT molecular complexity index is 269. The van der Waals surface area contributed by atoms with Crippen molar-refractivity contribution < 1.29 is 9.47 Å². The van der Waals surface area contributed by atoms with Gasteiger partial charge in [-0.25, -0.2) is 0 Å². The minimum absolute atomic E-state index is 0.0442. The molecule has 0 aromatic carbocycles. The number of halogens is 1. The zero-order chi connectivity index (χ0) is 16.7. The Morgan fingerprint density at radius 3 is 2.05 bits per heavy atom. The molecule has 0 saturated heterocycles. The molecule has 0 radical (unpaired) electrons. The standard InChI is InChI=1S/C18H37IO2/c1-9-16(21-14(2)3)12-15(4)13-18(7,8)20-11-10-17(5,6)19/h14-16H,9-13H2,1-8H3. The van der Waals surface area contributed by atoms with Gasteiger partial charge in [-0.05, 0) is 59.3 Å². The number of rotatable bonds is 11. The molecule has 2 unspecified atom stereocenters. The SMILES string of the molecule is CCC(CC(C)CC(C)(C)OCCC(C)(C)I)OC(C)C. The van der Waals surface area contributed by atoms with Gasteiger partial charge in [0.15, 0.2) is 0 Å². The lowest BCUT2D eigenvalue weighted by Crippen LogP contribution is -2.30. The van der Waals surface area contributed by atoms with Crippen LogP contribution in [0.3, 0.4) is 0 Å². The van der Waals surface area contributed by atoms with Gasteiger partial charge in [0.25, 0.3) is 0 Å². The molecule has 2 atom stereocenters. The van der Waals surface area contributed by atoms with Gasteiger partial charge in [0.2, 0.25) is 0 Å². The second-order valence-corrected chi connectivity index (χ2v) is 10.8. The van der Waals surface area contributed by atoms with Gasteiger partial charge in [-0.1, -0.05) is 50.3 Å². The van der Waals surface area contributed by atoms with E-state index in [4.69, 9.17) is 9.47 Å². The Morgan fingerprint density at radius 2 is 1.62 bits per heavy atom. The van der Waals surface area contributed by atoms with Gasteiger partial charge in [-0.2, -0.15) is 0 Å². The van der Waals surface area contributed by atoms with Crippen LogP contribution in [0.5, 0.6) is 0 Å². The zero-order valence-corrected chi connectivity index (χ0v) is 17.6. The molecule has 128 valence electrons. The minimum atomic E-state index is -0.0442. The van der Waals surface area contributed by atoms with Gasteiger partial charge in [-0.3, -0.25) is 0 Å². The molecule has 3 heteroatoms. The quantitative estimate of drug-likeness (QED) is 0.306. The molecular weight excluding hydrogens is 375 g/mol. The molecule has 0 saturated carbocycles. The number of hydrogen-bond donors (Lipinski definition) is 0. The van der Waals surface area contributed by atoms with Gasteiger partial charge in [0.1, 0.15) is 0 Å². The van der Waals surface area contributed by atoms with Crippen molar-refractivity contribution in [2.75, 3.05) is 6.61 Å². The molecule has 0 N–H and O–H groups in total. The Kier molecular flexibility index (Phi) is 10.0. The first-order valence-electron chi connectivity index (χ1n) is 8.43. The molecule has 0 fully saturated rings. The number of ether oxygens (including phenoxy) is 2. The van der Waals surface area contributed by atoms with Crippen molar-refractivity contribution in [3.8, 4) is 0 Å². The fourth-order valence-corrected chi connectivity index (χ4v) is 2.92. The lowest BCUT2D eigenvalue weighted by Gasteiger charge is -2.31. The highest BCUT2D eigenvalue weighted by atomic mass is 127. The molecule has 0 aromatic rings. The highest BCUT2D eigenvalue weighted by Gasteiger charge is 2.25. The van der Waals surface area contributed by atoms with E-state index in [1.54, 1.807) is 0 Å². The summed E-state index contributed by atoms with van der Waals surface area (Å²) < 4.78 is 12.4. The summed E-state index contributed by atoms with van der Waals surface area (Å²) in [4.78, 5) is 0. The van der Waals surface area contributed by atoms with Crippen LogP contribution in [-0.2, 0) is 9.47 Å². The Hall–Kier alpha value is 0.650. The topological polar surface area (TPSA) is 18.5 Å². The van der Waals surface area contributed by atoms with E-state index in [9.17, 15) is 0 Å². The summed E-state index contributed by atoms with van der Waals surface area (Å²) in [6.07, 6.45) is 5.10. The van der Waals surface area contributed by atoms with Crippen molar-refractivity contribution in [2.24, 2.45) is 5.92 Å². The van der Waals surface area contributed by atoms with E-state index in [1.165, 1.54) is 0 Å². The zero-order valence-electron chi connectivity index (χ0n) is 15.5. The smallest absolute Gasteiger partial charge is 0.0629 e. The van der Waals surface area contributed by atoms with Crippen LogP contribution in [-0.4, -0.2) is 27.8 Å². The van der Waals surface area contributed by atoms with Crippen LogP contribution in [0.25, 0.3) is 0 Å². The molecule has 2 nitrogen and oxygen atoms in total. The third kappa shape index (κ3) is 12.8. The second-order valence-electron chi connectivity index (χ2n) is 7.84. The summed E-state index contributed by atoms with van der Waals surface area (Å²) in [7, 11) is 0. The molecule has 0 aliphatic rings. The Labute approximate surface area is 146 Å². The van der Waals surface area contributed by atoms with Crippen molar-refractivity contribution in [2.45, 2.75) is 102 Å². The maximum Gasteiger partial charge on any atom is 0.0629 e. The van der Waals surface area contributed by atoms with Gasteiger partial charge < -0.3 is 9.47 Å². The predicted octanol–water partition coefficient (Wildman–Crippen LogP) is 6.01. The summed E-state index contributed by atoms with van der Waals surface area (Å²) in [5.74, 6) is 0.622. The summed E-state index contributed by atoms with van der Waals surface area (Å²) in [6.45, 7) is 18.5. The second kappa shape index (κ2) is 9.71. The van der Waals surface area contributed by atoms with E-state index in [1.807, 2.05) is 0 Å². The summed E-state index contributed by atoms with van der Waals surface area (Å²) in [5, 5.41) is 0. The molecule has 0 aromatic heterocycles. The number of alkyl halides is 1. The van der Waals surface area contributed by atoms with Crippen LogP contribution in [0.1, 0.15) is 81.1 Å². The Balaban J connectivity index is 4.18. The predicted molar refractivity (Wildman–Crippen MR) is 101 cm³/mol. The Morgan fingerprint density at radius 1 is 1.05 bits per heavy atom. The van der Waals surface area contributed by atoms with Crippen molar-refractivity contribution >= 4 is 22.6 Å². The molecule has 0 heterocycles. The lowest BCUT2D eigenvalue weighted by atomic mass is 9.90. The van der Waals surface area contributed by atoms with E-state index in [0.29, 0.717) is 21.5 Å². The summed E-state index contributed by atoms with van der Waals surface area (Å²) in [6, 6.07) is 0. The van der Waals surface area contributed by atoms with E-state index in [-0.39, 0.29) is 5.60 Å². The maximum atomic E-state index is 6.13. The minimum Gasteiger partial charge on any atom is -0.376 e. The molecule has 0 rings (SSSR count). The van der Waals surface area contributed by atoms with Crippen LogP contribution < -0.4 is 0 Å². The van der Waals surface area contributed by atoms with Crippen molar-refractivity contribution in [1.82, 2.24) is 0 Å². The summed E-state index contributed by atoms with van der Waals surface area (Å²) >= 11 is 2.49. The fraction of sp³-hybridized carbons (Fsp3) is 1.00. The van der Waals surface area contributed by atoms with Gasteiger partial charge in [0.05, 0.1) is 17.8 Å². The van der Waals surface area contributed by atoms with Gasteiger partial charge in [-0.15, -0.1) is 0 Å². The summed E-state index contributed by atoms with van der Waals surface area (Å²) in [5.41, 5.74) is -0.0442. The molecule has 0 aliphatic heterocycles.